The number of nitrogens with two attached hydrogens (primary N) is 1. The number of benzene rings is 3. The van der Waals surface area contributed by atoms with Crippen LogP contribution in [-0.2, 0) is 16.1 Å². The summed E-state index contributed by atoms with van der Waals surface area (Å²) in [6, 6.07) is 15.6. The van der Waals surface area contributed by atoms with Crippen molar-refractivity contribution in [3.05, 3.63) is 65.5 Å². The van der Waals surface area contributed by atoms with Gasteiger partial charge in [0.2, 0.25) is 0 Å². The minimum absolute atomic E-state index is 0.0362. The molecule has 1 aliphatic rings. The Morgan fingerprint density at radius 1 is 1.10 bits per heavy atom. The molecule has 4 N–H and O–H groups in total. The summed E-state index contributed by atoms with van der Waals surface area (Å²) in [4.78, 5) is 19.0. The van der Waals surface area contributed by atoms with E-state index < -0.39 is 12.1 Å². The van der Waals surface area contributed by atoms with Crippen molar-refractivity contribution in [3.8, 4) is 11.5 Å². The molecule has 0 aliphatic carbocycles. The Balaban J connectivity index is 1.54. The summed E-state index contributed by atoms with van der Waals surface area (Å²) in [5.74, 6) is 1.91. The van der Waals surface area contributed by atoms with Gasteiger partial charge in [-0.25, -0.2) is 9.78 Å². The quantitative estimate of drug-likeness (QED) is 0.164. The molecular formula is C31H36N6O4. The Bertz CT molecular complexity index is 1640. The van der Waals surface area contributed by atoms with E-state index in [1.165, 1.54) is 7.11 Å². The maximum absolute atomic E-state index is 12.2. The Labute approximate surface area is 239 Å². The van der Waals surface area contributed by atoms with Gasteiger partial charge in [0.05, 0.1) is 24.0 Å². The van der Waals surface area contributed by atoms with Crippen LogP contribution in [0.3, 0.4) is 0 Å². The predicted octanol–water partition coefficient (Wildman–Crippen LogP) is 4.61. The Kier molecular flexibility index (Phi) is 7.83. The van der Waals surface area contributed by atoms with Gasteiger partial charge >= 0.3 is 5.97 Å². The first-order valence-corrected chi connectivity index (χ1v) is 13.7. The number of esters is 1. The number of fused-ring (bicyclic) bond motifs is 2. The second kappa shape index (κ2) is 11.5. The van der Waals surface area contributed by atoms with Gasteiger partial charge in [-0.1, -0.05) is 36.4 Å². The molecule has 4 aromatic rings. The van der Waals surface area contributed by atoms with Crippen LogP contribution in [-0.4, -0.2) is 64.5 Å². The van der Waals surface area contributed by atoms with E-state index in [2.05, 4.69) is 4.57 Å². The van der Waals surface area contributed by atoms with Crippen LogP contribution in [0.2, 0.25) is 0 Å². The Hall–Kier alpha value is -4.60. The molecule has 1 fully saturated rings. The van der Waals surface area contributed by atoms with Crippen LogP contribution in [0.1, 0.15) is 43.6 Å². The van der Waals surface area contributed by atoms with Gasteiger partial charge < -0.3 is 29.4 Å². The number of imidazole rings is 1. The number of nitrogen functional groups attached to an aromatic ring is 1. The van der Waals surface area contributed by atoms with Crippen LogP contribution in [0.25, 0.3) is 21.8 Å². The molecule has 1 atom stereocenters. The number of aryl methyl sites for hydroxylation is 1. The lowest BCUT2D eigenvalue weighted by molar-refractivity contribution is -0.147. The van der Waals surface area contributed by atoms with E-state index in [-0.39, 0.29) is 11.9 Å². The molecule has 0 amide bonds. The summed E-state index contributed by atoms with van der Waals surface area (Å²) in [6.45, 7) is 7.45. The third-order valence-electron chi connectivity index (χ3n) is 7.68. The summed E-state index contributed by atoms with van der Waals surface area (Å²) in [7, 11) is 1.33. The number of ether oxygens (including phenoxy) is 3. The number of carbonyl (C=O) groups excluding carboxylic acids is 1. The number of aromatic nitrogens is 2. The van der Waals surface area contributed by atoms with Crippen LogP contribution in [0.5, 0.6) is 11.5 Å². The van der Waals surface area contributed by atoms with Crippen LogP contribution in [0.4, 0.5) is 0 Å². The Morgan fingerprint density at radius 2 is 1.80 bits per heavy atom. The molecular weight excluding hydrogens is 520 g/mol. The van der Waals surface area contributed by atoms with Gasteiger partial charge in [0.1, 0.15) is 17.8 Å². The van der Waals surface area contributed by atoms with Crippen LogP contribution >= 0.6 is 0 Å². The molecule has 5 rings (SSSR count). The van der Waals surface area contributed by atoms with E-state index in [4.69, 9.17) is 35.7 Å². The topological polar surface area (TPSA) is 140 Å². The second-order valence-corrected chi connectivity index (χ2v) is 10.4. The molecule has 214 valence electrons. The van der Waals surface area contributed by atoms with Gasteiger partial charge in [-0.3, -0.25) is 10.8 Å². The highest BCUT2D eigenvalue weighted by molar-refractivity contribution is 6.08. The first kappa shape index (κ1) is 27.9. The zero-order valence-electron chi connectivity index (χ0n) is 23.9. The van der Waals surface area contributed by atoms with E-state index in [1.807, 2.05) is 60.4 Å². The molecule has 41 heavy (non-hydrogen) atoms. The molecule has 1 aromatic heterocycles. The zero-order chi connectivity index (χ0) is 29.3. The number of methoxy groups -OCH3 is 1. The van der Waals surface area contributed by atoms with Crippen molar-refractivity contribution in [2.45, 2.75) is 52.4 Å². The largest absolute Gasteiger partial charge is 0.486 e. The molecule has 1 aliphatic heterocycles. The number of hydrogen-bond acceptors (Lipinski definition) is 7. The second-order valence-electron chi connectivity index (χ2n) is 10.4. The standard InChI is InChI=1S/C31H36N6O4/c1-18(31(38)39-4)40-28-15-26-27(16-29(28)41-22-11-13-36(14-12-22)19(2)32)37(20(3)35-26)17-21-9-10-25(30(33)34)24-8-6-5-7-23(21)24/h5-10,15-16,18,22,32H,11-14,17H2,1-4H3,(H3,33,34). The smallest absolute Gasteiger partial charge is 0.346 e. The van der Waals surface area contributed by atoms with Gasteiger partial charge in [0.25, 0.3) is 0 Å². The SMILES string of the molecule is COC(=O)C(C)Oc1cc2nc(C)n(Cc3ccc(C(=N)N)c4ccccc34)c2cc1OC1CCN(C(C)=N)CC1. The Morgan fingerprint density at radius 3 is 2.46 bits per heavy atom. The summed E-state index contributed by atoms with van der Waals surface area (Å²) in [6.07, 6.45) is 0.663. The fourth-order valence-corrected chi connectivity index (χ4v) is 5.43. The van der Waals surface area contributed by atoms with E-state index in [0.717, 1.165) is 59.1 Å². The van der Waals surface area contributed by atoms with Gasteiger partial charge in [0.15, 0.2) is 17.6 Å². The number of amidine groups is 2. The van der Waals surface area contributed by atoms with Crippen molar-refractivity contribution in [2.24, 2.45) is 5.73 Å². The van der Waals surface area contributed by atoms with Crippen molar-refractivity contribution in [1.82, 2.24) is 14.5 Å². The number of hydrogen-bond donors (Lipinski definition) is 3. The lowest BCUT2D eigenvalue weighted by Gasteiger charge is -2.33. The van der Waals surface area contributed by atoms with Crippen LogP contribution in [0, 0.1) is 17.7 Å². The van der Waals surface area contributed by atoms with E-state index in [9.17, 15) is 4.79 Å². The molecule has 10 nitrogen and oxygen atoms in total. The van der Waals surface area contributed by atoms with E-state index >= 15 is 0 Å². The van der Waals surface area contributed by atoms with Gasteiger partial charge in [-0.2, -0.15) is 0 Å². The maximum Gasteiger partial charge on any atom is 0.346 e. The molecule has 1 saturated heterocycles. The van der Waals surface area contributed by atoms with E-state index in [0.29, 0.717) is 29.4 Å². The van der Waals surface area contributed by atoms with Crippen LogP contribution in [0.15, 0.2) is 48.5 Å². The molecule has 10 heteroatoms. The fraction of sp³-hybridized carbons (Fsp3) is 0.355. The molecule has 0 saturated carbocycles. The summed E-state index contributed by atoms with van der Waals surface area (Å²) < 4.78 is 19.6. The van der Waals surface area contributed by atoms with Crippen molar-refractivity contribution in [3.63, 3.8) is 0 Å². The number of likely N-dealkylation sites (tertiary alicyclic amines) is 1. The summed E-state index contributed by atoms with van der Waals surface area (Å²) >= 11 is 0. The number of nitrogens with zero attached hydrogens (tertiary/aromatic N) is 3. The zero-order valence-corrected chi connectivity index (χ0v) is 23.9. The normalized spacial score (nSPS) is 14.7. The number of nitrogens with one attached hydrogen (secondary N) is 2. The third kappa shape index (κ3) is 5.68. The highest BCUT2D eigenvalue weighted by Gasteiger charge is 2.25. The van der Waals surface area contributed by atoms with E-state index in [1.54, 1.807) is 13.8 Å². The lowest BCUT2D eigenvalue weighted by Crippen LogP contribution is -2.40. The summed E-state index contributed by atoms with van der Waals surface area (Å²) in [5.41, 5.74) is 9.24. The van der Waals surface area contributed by atoms with Gasteiger partial charge in [0, 0.05) is 50.2 Å². The minimum Gasteiger partial charge on any atom is -0.486 e. The predicted molar refractivity (Wildman–Crippen MR) is 159 cm³/mol. The highest BCUT2D eigenvalue weighted by atomic mass is 16.6. The highest BCUT2D eigenvalue weighted by Crippen LogP contribution is 2.36. The van der Waals surface area contributed by atoms with Crippen molar-refractivity contribution in [2.75, 3.05) is 20.2 Å². The summed E-state index contributed by atoms with van der Waals surface area (Å²) in [5, 5.41) is 17.9. The maximum atomic E-state index is 12.2. The number of piperidine rings is 1. The first-order valence-electron chi connectivity index (χ1n) is 13.7. The molecule has 0 spiro atoms. The van der Waals surface area contributed by atoms with Gasteiger partial charge in [-0.05, 0) is 37.1 Å². The van der Waals surface area contributed by atoms with Gasteiger partial charge in [-0.15, -0.1) is 0 Å². The minimum atomic E-state index is -0.823. The number of rotatable bonds is 8. The average molecular weight is 557 g/mol. The molecule has 2 heterocycles. The third-order valence-corrected chi connectivity index (χ3v) is 7.68. The molecule has 1 unspecified atom stereocenters. The first-order chi connectivity index (χ1) is 19.7. The van der Waals surface area contributed by atoms with Crippen molar-refractivity contribution >= 4 is 39.4 Å². The lowest BCUT2D eigenvalue weighted by atomic mass is 9.99. The molecule has 0 bridgehead atoms. The average Bonchev–Trinajstić information content (AvgIpc) is 3.26. The van der Waals surface area contributed by atoms with Crippen molar-refractivity contribution < 1.29 is 19.0 Å². The van der Waals surface area contributed by atoms with Crippen molar-refractivity contribution in [1.29, 1.82) is 10.8 Å². The van der Waals surface area contributed by atoms with Crippen LogP contribution < -0.4 is 15.2 Å². The monoisotopic (exact) mass is 556 g/mol. The number of carbonyl (C=O) groups is 1. The fourth-order valence-electron chi connectivity index (χ4n) is 5.43. The molecule has 3 aromatic carbocycles. The molecule has 0 radical (unpaired) electrons.